The van der Waals surface area contributed by atoms with Crippen LogP contribution >= 0.6 is 0 Å². The van der Waals surface area contributed by atoms with Gasteiger partial charge in [-0.1, -0.05) is 92.1 Å². The van der Waals surface area contributed by atoms with Gasteiger partial charge in [0.1, 0.15) is 23.9 Å². The molecule has 35 heavy (non-hydrogen) atoms. The monoisotopic (exact) mass is 465 g/mol. The SMILES string of the molecule is O=C1[C@H](Cc2ccccc2)N(Cn2nc3ccccc3n2)[C@@H](c2ccccc2)N1C1CCCCC1. The van der Waals surface area contributed by atoms with Gasteiger partial charge in [-0.25, -0.2) is 4.90 Å². The maximum Gasteiger partial charge on any atom is 0.242 e. The first-order valence-corrected chi connectivity index (χ1v) is 12.7. The van der Waals surface area contributed by atoms with Gasteiger partial charge in [-0.3, -0.25) is 4.79 Å². The molecule has 2 fully saturated rings. The second kappa shape index (κ2) is 9.62. The van der Waals surface area contributed by atoms with E-state index in [9.17, 15) is 4.79 Å². The van der Waals surface area contributed by atoms with Crippen molar-refractivity contribution in [1.82, 2.24) is 24.8 Å². The minimum Gasteiger partial charge on any atom is -0.318 e. The molecule has 6 rings (SSSR count). The number of hydrogen-bond donors (Lipinski definition) is 0. The molecule has 6 nitrogen and oxygen atoms in total. The summed E-state index contributed by atoms with van der Waals surface area (Å²) in [6.45, 7) is 0.459. The average Bonchev–Trinajstić information content (AvgIpc) is 3.44. The van der Waals surface area contributed by atoms with Gasteiger partial charge in [-0.15, -0.1) is 0 Å². The highest BCUT2D eigenvalue weighted by Crippen LogP contribution is 2.40. The van der Waals surface area contributed by atoms with Crippen LogP contribution in [0.25, 0.3) is 11.0 Å². The Morgan fingerprint density at radius 3 is 2.00 bits per heavy atom. The van der Waals surface area contributed by atoms with Crippen molar-refractivity contribution in [2.24, 2.45) is 0 Å². The van der Waals surface area contributed by atoms with Crippen LogP contribution in [-0.4, -0.2) is 42.8 Å². The van der Waals surface area contributed by atoms with Crippen molar-refractivity contribution < 1.29 is 4.79 Å². The van der Waals surface area contributed by atoms with Crippen molar-refractivity contribution in [3.8, 4) is 0 Å². The maximum absolute atomic E-state index is 14.2. The summed E-state index contributed by atoms with van der Waals surface area (Å²) in [5.74, 6) is 0.228. The number of fused-ring (bicyclic) bond motifs is 1. The van der Waals surface area contributed by atoms with Crippen molar-refractivity contribution in [2.45, 2.75) is 63.4 Å². The van der Waals surface area contributed by atoms with Gasteiger partial charge in [0.15, 0.2) is 0 Å². The molecule has 178 valence electrons. The number of benzene rings is 3. The van der Waals surface area contributed by atoms with Gasteiger partial charge in [0.2, 0.25) is 5.91 Å². The van der Waals surface area contributed by atoms with E-state index in [1.54, 1.807) is 4.80 Å². The van der Waals surface area contributed by atoms with E-state index in [0.717, 1.165) is 29.4 Å². The predicted molar refractivity (Wildman–Crippen MR) is 136 cm³/mol. The first kappa shape index (κ1) is 22.0. The molecule has 1 aliphatic heterocycles. The van der Waals surface area contributed by atoms with Crippen molar-refractivity contribution in [3.05, 3.63) is 96.1 Å². The summed E-state index contributed by atoms with van der Waals surface area (Å²) in [5.41, 5.74) is 4.07. The fraction of sp³-hybridized carbons (Fsp3) is 0.345. The number of amides is 1. The molecule has 0 spiro atoms. The van der Waals surface area contributed by atoms with E-state index in [4.69, 9.17) is 10.2 Å². The molecule has 0 bridgehead atoms. The number of rotatable bonds is 6. The third-order valence-corrected chi connectivity index (χ3v) is 7.47. The first-order valence-electron chi connectivity index (χ1n) is 12.7. The van der Waals surface area contributed by atoms with Gasteiger partial charge in [0.05, 0.1) is 6.04 Å². The summed E-state index contributed by atoms with van der Waals surface area (Å²) in [4.78, 5) is 20.5. The van der Waals surface area contributed by atoms with E-state index in [0.29, 0.717) is 13.1 Å². The summed E-state index contributed by atoms with van der Waals surface area (Å²) in [6.07, 6.45) is 6.32. The molecule has 1 aliphatic carbocycles. The Labute approximate surface area is 206 Å². The second-order valence-corrected chi connectivity index (χ2v) is 9.74. The molecule has 2 aliphatic rings. The number of carbonyl (C=O) groups excluding carboxylic acids is 1. The lowest BCUT2D eigenvalue weighted by atomic mass is 9.93. The number of carbonyl (C=O) groups is 1. The molecule has 2 atom stereocenters. The van der Waals surface area contributed by atoms with Crippen LogP contribution in [0.2, 0.25) is 0 Å². The van der Waals surface area contributed by atoms with Crippen LogP contribution in [-0.2, 0) is 17.9 Å². The number of hydrogen-bond acceptors (Lipinski definition) is 4. The standard InChI is InChI=1S/C29H31N5O/c35-29-27(20-22-12-4-1-5-13-22)32(21-33-30-25-18-10-11-19-26(25)31-33)28(23-14-6-2-7-15-23)34(29)24-16-8-3-9-17-24/h1-2,4-7,10-15,18-19,24,27-28H,3,8-9,16-17,20-21H2/t27-,28+/m0/s1. The van der Waals surface area contributed by atoms with E-state index in [-0.39, 0.29) is 24.2 Å². The molecule has 6 heteroatoms. The molecule has 0 N–H and O–H groups in total. The van der Waals surface area contributed by atoms with Crippen molar-refractivity contribution >= 4 is 16.9 Å². The predicted octanol–water partition coefficient (Wildman–Crippen LogP) is 5.18. The quantitative estimate of drug-likeness (QED) is 0.394. The van der Waals surface area contributed by atoms with Crippen LogP contribution in [0.3, 0.4) is 0 Å². The molecule has 0 unspecified atom stereocenters. The Bertz CT molecular complexity index is 1250. The summed E-state index contributed by atoms with van der Waals surface area (Å²) >= 11 is 0. The zero-order valence-corrected chi connectivity index (χ0v) is 19.9. The highest BCUT2D eigenvalue weighted by molar-refractivity contribution is 5.85. The molecule has 2 heterocycles. The largest absolute Gasteiger partial charge is 0.318 e. The zero-order chi connectivity index (χ0) is 23.6. The van der Waals surface area contributed by atoms with Crippen LogP contribution in [0.5, 0.6) is 0 Å². The van der Waals surface area contributed by atoms with Gasteiger partial charge in [0, 0.05) is 6.04 Å². The minimum absolute atomic E-state index is 0.130. The van der Waals surface area contributed by atoms with E-state index >= 15 is 0 Å². The van der Waals surface area contributed by atoms with Crippen LogP contribution in [0.1, 0.15) is 49.4 Å². The van der Waals surface area contributed by atoms with Crippen LogP contribution in [0.4, 0.5) is 0 Å². The van der Waals surface area contributed by atoms with Crippen molar-refractivity contribution in [1.29, 1.82) is 0 Å². The Morgan fingerprint density at radius 2 is 1.34 bits per heavy atom. The van der Waals surface area contributed by atoms with E-state index < -0.39 is 0 Å². The lowest BCUT2D eigenvalue weighted by molar-refractivity contribution is -0.133. The zero-order valence-electron chi connectivity index (χ0n) is 19.9. The average molecular weight is 466 g/mol. The normalized spacial score (nSPS) is 21.7. The van der Waals surface area contributed by atoms with E-state index in [1.807, 2.05) is 36.4 Å². The lowest BCUT2D eigenvalue weighted by Crippen LogP contribution is -2.41. The van der Waals surface area contributed by atoms with Gasteiger partial charge in [-0.05, 0) is 42.5 Å². The Morgan fingerprint density at radius 1 is 0.743 bits per heavy atom. The van der Waals surface area contributed by atoms with Crippen LogP contribution in [0.15, 0.2) is 84.9 Å². The molecule has 1 saturated carbocycles. The molecule has 1 aromatic heterocycles. The molecule has 1 amide bonds. The molecular formula is C29H31N5O. The van der Waals surface area contributed by atoms with Crippen molar-refractivity contribution in [2.75, 3.05) is 0 Å². The first-order chi connectivity index (χ1) is 17.3. The fourth-order valence-corrected chi connectivity index (χ4v) is 5.81. The number of aromatic nitrogens is 3. The summed E-state index contributed by atoms with van der Waals surface area (Å²) in [7, 11) is 0. The summed E-state index contributed by atoms with van der Waals surface area (Å²) < 4.78 is 0. The Balaban J connectivity index is 1.42. The molecular weight excluding hydrogens is 434 g/mol. The summed E-state index contributed by atoms with van der Waals surface area (Å²) in [6, 6.07) is 28.8. The lowest BCUT2D eigenvalue weighted by Gasteiger charge is -2.37. The Hall–Kier alpha value is -3.51. The van der Waals surface area contributed by atoms with Crippen LogP contribution < -0.4 is 0 Å². The summed E-state index contributed by atoms with van der Waals surface area (Å²) in [5, 5.41) is 9.48. The molecule has 0 radical (unpaired) electrons. The van der Waals surface area contributed by atoms with Gasteiger partial charge in [-0.2, -0.15) is 15.0 Å². The third kappa shape index (κ3) is 4.34. The van der Waals surface area contributed by atoms with E-state index in [1.165, 1.54) is 24.8 Å². The third-order valence-electron chi connectivity index (χ3n) is 7.47. The number of nitrogens with zero attached hydrogens (tertiary/aromatic N) is 5. The minimum atomic E-state index is -0.265. The highest BCUT2D eigenvalue weighted by atomic mass is 16.2. The fourth-order valence-electron chi connectivity index (χ4n) is 5.81. The molecule has 4 aromatic rings. The molecule has 3 aromatic carbocycles. The Kier molecular flexibility index (Phi) is 6.05. The topological polar surface area (TPSA) is 54.3 Å². The van der Waals surface area contributed by atoms with Gasteiger partial charge >= 0.3 is 0 Å². The van der Waals surface area contributed by atoms with Crippen LogP contribution in [0, 0.1) is 0 Å². The highest BCUT2D eigenvalue weighted by Gasteiger charge is 2.49. The van der Waals surface area contributed by atoms with Crippen molar-refractivity contribution in [3.63, 3.8) is 0 Å². The molecule has 1 saturated heterocycles. The maximum atomic E-state index is 14.2. The second-order valence-electron chi connectivity index (χ2n) is 9.74. The smallest absolute Gasteiger partial charge is 0.242 e. The van der Waals surface area contributed by atoms with Gasteiger partial charge < -0.3 is 4.90 Å². The van der Waals surface area contributed by atoms with Gasteiger partial charge in [0.25, 0.3) is 0 Å². The van der Waals surface area contributed by atoms with E-state index in [2.05, 4.69) is 58.3 Å².